The van der Waals surface area contributed by atoms with E-state index in [9.17, 15) is 9.59 Å². The summed E-state index contributed by atoms with van der Waals surface area (Å²) < 4.78 is 15.8. The van der Waals surface area contributed by atoms with E-state index >= 15 is 0 Å². The normalized spacial score (nSPS) is 16.2. The molecule has 0 radical (unpaired) electrons. The third-order valence-electron chi connectivity index (χ3n) is 5.04. The van der Waals surface area contributed by atoms with Crippen LogP contribution in [0.15, 0.2) is 18.2 Å². The molecule has 1 atom stereocenters. The molecule has 1 saturated heterocycles. The van der Waals surface area contributed by atoms with E-state index in [1.807, 2.05) is 23.1 Å². The molecule has 29 heavy (non-hydrogen) atoms. The molecule has 0 spiro atoms. The average Bonchev–Trinajstić information content (AvgIpc) is 3.20. The number of likely N-dealkylation sites (tertiary alicyclic amines) is 1. The van der Waals surface area contributed by atoms with Crippen LogP contribution in [0.5, 0.6) is 11.5 Å². The number of amides is 2. The van der Waals surface area contributed by atoms with Crippen LogP contribution >= 0.6 is 0 Å². The fourth-order valence-electron chi connectivity index (χ4n) is 3.61. The first-order valence-corrected chi connectivity index (χ1v) is 9.95. The van der Waals surface area contributed by atoms with E-state index in [1.165, 1.54) is 0 Å². The number of carbonyl (C=O) groups is 2. The zero-order valence-corrected chi connectivity index (χ0v) is 17.9. The minimum atomic E-state index is -0.0915. The third-order valence-corrected chi connectivity index (χ3v) is 5.04. The van der Waals surface area contributed by atoms with E-state index in [0.717, 1.165) is 36.3 Å². The van der Waals surface area contributed by atoms with Gasteiger partial charge in [0.2, 0.25) is 11.8 Å². The van der Waals surface area contributed by atoms with Crippen molar-refractivity contribution in [1.82, 2.24) is 15.1 Å². The standard InChI is InChI=1S/C21H33N3O5/c1-23(14-20(25)22-10-6-12-27-2)15-21(26)24-11-5-7-18(24)17-9-8-16(28-3)13-19(17)29-4/h8-9,13,18H,5-7,10-12,14-15H2,1-4H3,(H,22,25). The molecular weight excluding hydrogens is 374 g/mol. The molecule has 0 aromatic heterocycles. The SMILES string of the molecule is COCCCNC(=O)CN(C)CC(=O)N1CCCC1c1ccc(OC)cc1OC. The number of ether oxygens (including phenoxy) is 3. The van der Waals surface area contributed by atoms with Gasteiger partial charge in [0.15, 0.2) is 0 Å². The van der Waals surface area contributed by atoms with Crippen molar-refractivity contribution >= 4 is 11.8 Å². The number of nitrogens with zero attached hydrogens (tertiary/aromatic N) is 2. The first-order valence-electron chi connectivity index (χ1n) is 9.95. The molecule has 1 aromatic carbocycles. The van der Waals surface area contributed by atoms with Crippen molar-refractivity contribution in [2.24, 2.45) is 0 Å². The quantitative estimate of drug-likeness (QED) is 0.560. The summed E-state index contributed by atoms with van der Waals surface area (Å²) in [5, 5.41) is 2.84. The summed E-state index contributed by atoms with van der Waals surface area (Å²) in [7, 11) is 6.65. The van der Waals surface area contributed by atoms with Crippen LogP contribution in [-0.4, -0.2) is 82.8 Å². The van der Waals surface area contributed by atoms with Crippen LogP contribution in [0.25, 0.3) is 0 Å². The maximum Gasteiger partial charge on any atom is 0.237 e. The number of hydrogen-bond acceptors (Lipinski definition) is 6. The Morgan fingerprint density at radius 3 is 2.69 bits per heavy atom. The molecule has 2 amide bonds. The highest BCUT2D eigenvalue weighted by Crippen LogP contribution is 2.38. The molecule has 1 aliphatic heterocycles. The van der Waals surface area contributed by atoms with Gasteiger partial charge >= 0.3 is 0 Å². The monoisotopic (exact) mass is 407 g/mol. The van der Waals surface area contributed by atoms with Crippen LogP contribution in [0.2, 0.25) is 0 Å². The molecule has 162 valence electrons. The van der Waals surface area contributed by atoms with Crippen LogP contribution in [0.3, 0.4) is 0 Å². The minimum Gasteiger partial charge on any atom is -0.497 e. The third kappa shape index (κ3) is 6.61. The molecule has 8 nitrogen and oxygen atoms in total. The zero-order chi connectivity index (χ0) is 21.2. The fraction of sp³-hybridized carbons (Fsp3) is 0.619. The molecule has 0 saturated carbocycles. The van der Waals surface area contributed by atoms with Crippen molar-refractivity contribution in [3.05, 3.63) is 23.8 Å². The second-order valence-corrected chi connectivity index (χ2v) is 7.22. The number of methoxy groups -OCH3 is 3. The second kappa shape index (κ2) is 11.6. The van der Waals surface area contributed by atoms with Gasteiger partial charge in [-0.05, 0) is 38.4 Å². The Labute approximate surface area is 173 Å². The van der Waals surface area contributed by atoms with Crippen LogP contribution < -0.4 is 14.8 Å². The Balaban J connectivity index is 1.93. The van der Waals surface area contributed by atoms with Crippen molar-refractivity contribution in [3.63, 3.8) is 0 Å². The number of hydrogen-bond donors (Lipinski definition) is 1. The van der Waals surface area contributed by atoms with Gasteiger partial charge in [0.1, 0.15) is 11.5 Å². The number of likely N-dealkylation sites (N-methyl/N-ethyl adjacent to an activating group) is 1. The molecule has 8 heteroatoms. The van der Waals surface area contributed by atoms with Gasteiger partial charge in [-0.3, -0.25) is 14.5 Å². The van der Waals surface area contributed by atoms with Crippen molar-refractivity contribution in [2.45, 2.75) is 25.3 Å². The van der Waals surface area contributed by atoms with E-state index < -0.39 is 0 Å². The molecule has 0 bridgehead atoms. The Morgan fingerprint density at radius 1 is 1.21 bits per heavy atom. The Hall–Kier alpha value is -2.32. The van der Waals surface area contributed by atoms with E-state index in [1.54, 1.807) is 33.3 Å². The van der Waals surface area contributed by atoms with Crippen LogP contribution in [0.4, 0.5) is 0 Å². The van der Waals surface area contributed by atoms with Crippen molar-refractivity contribution < 1.29 is 23.8 Å². The zero-order valence-electron chi connectivity index (χ0n) is 17.9. The van der Waals surface area contributed by atoms with E-state index in [4.69, 9.17) is 14.2 Å². The fourth-order valence-corrected chi connectivity index (χ4v) is 3.61. The maximum atomic E-state index is 12.9. The molecule has 0 aliphatic carbocycles. The molecule has 1 N–H and O–H groups in total. The maximum absolute atomic E-state index is 12.9. The first-order chi connectivity index (χ1) is 14.0. The minimum absolute atomic E-state index is 0.0139. The highest BCUT2D eigenvalue weighted by Gasteiger charge is 2.32. The summed E-state index contributed by atoms with van der Waals surface area (Å²) in [6.45, 7) is 2.26. The summed E-state index contributed by atoms with van der Waals surface area (Å²) in [5.74, 6) is 1.36. The predicted octanol–water partition coefficient (Wildman–Crippen LogP) is 1.45. The highest BCUT2D eigenvalue weighted by molar-refractivity contribution is 5.81. The second-order valence-electron chi connectivity index (χ2n) is 7.22. The summed E-state index contributed by atoms with van der Waals surface area (Å²) in [5.41, 5.74) is 0.984. The molecule has 1 unspecified atom stereocenters. The molecule has 1 heterocycles. The number of rotatable bonds is 11. The van der Waals surface area contributed by atoms with Gasteiger partial charge in [0, 0.05) is 38.4 Å². The molecule has 1 fully saturated rings. The molecule has 2 rings (SSSR count). The Morgan fingerprint density at radius 2 is 2.00 bits per heavy atom. The number of nitrogens with one attached hydrogen (secondary N) is 1. The van der Waals surface area contributed by atoms with E-state index in [2.05, 4.69) is 5.32 Å². The molecular formula is C21H33N3O5. The number of benzene rings is 1. The Kier molecular flexibility index (Phi) is 9.21. The lowest BCUT2D eigenvalue weighted by Crippen LogP contribution is -2.42. The van der Waals surface area contributed by atoms with Crippen molar-refractivity contribution in [3.8, 4) is 11.5 Å². The lowest BCUT2D eigenvalue weighted by molar-refractivity contribution is -0.133. The largest absolute Gasteiger partial charge is 0.497 e. The summed E-state index contributed by atoms with van der Waals surface area (Å²) in [6, 6.07) is 5.67. The molecule has 1 aromatic rings. The van der Waals surface area contributed by atoms with Crippen molar-refractivity contribution in [1.29, 1.82) is 0 Å². The van der Waals surface area contributed by atoms with Crippen LogP contribution in [0, 0.1) is 0 Å². The van der Waals surface area contributed by atoms with E-state index in [0.29, 0.717) is 19.7 Å². The lowest BCUT2D eigenvalue weighted by atomic mass is 10.0. The van der Waals surface area contributed by atoms with Gasteiger partial charge in [0.05, 0.1) is 33.4 Å². The van der Waals surface area contributed by atoms with Gasteiger partial charge in [-0.2, -0.15) is 0 Å². The van der Waals surface area contributed by atoms with Crippen molar-refractivity contribution in [2.75, 3.05) is 61.2 Å². The first kappa shape index (κ1) is 23.0. The lowest BCUT2D eigenvalue weighted by Gasteiger charge is -2.28. The van der Waals surface area contributed by atoms with Gasteiger partial charge in [0.25, 0.3) is 0 Å². The summed E-state index contributed by atoms with van der Waals surface area (Å²) in [6.07, 6.45) is 2.59. The van der Waals surface area contributed by atoms with Gasteiger partial charge in [-0.1, -0.05) is 0 Å². The molecule has 1 aliphatic rings. The number of carbonyl (C=O) groups excluding carboxylic acids is 2. The highest BCUT2D eigenvalue weighted by atomic mass is 16.5. The topological polar surface area (TPSA) is 80.3 Å². The predicted molar refractivity (Wildman–Crippen MR) is 110 cm³/mol. The average molecular weight is 408 g/mol. The van der Waals surface area contributed by atoms with Gasteiger partial charge in [-0.15, -0.1) is 0 Å². The van der Waals surface area contributed by atoms with Gasteiger partial charge < -0.3 is 24.4 Å². The Bertz CT molecular complexity index is 682. The summed E-state index contributed by atoms with van der Waals surface area (Å²) in [4.78, 5) is 28.5. The van der Waals surface area contributed by atoms with Crippen LogP contribution in [0.1, 0.15) is 30.9 Å². The van der Waals surface area contributed by atoms with Gasteiger partial charge in [-0.25, -0.2) is 0 Å². The van der Waals surface area contributed by atoms with E-state index in [-0.39, 0.29) is 30.9 Å². The van der Waals surface area contributed by atoms with Crippen LogP contribution in [-0.2, 0) is 14.3 Å². The smallest absolute Gasteiger partial charge is 0.237 e. The summed E-state index contributed by atoms with van der Waals surface area (Å²) >= 11 is 0.